The van der Waals surface area contributed by atoms with Crippen molar-refractivity contribution in [2.24, 2.45) is 0 Å². The summed E-state index contributed by atoms with van der Waals surface area (Å²) in [4.78, 5) is 18.2. The summed E-state index contributed by atoms with van der Waals surface area (Å²) in [6.45, 7) is 1.30. The second kappa shape index (κ2) is 9.88. The Morgan fingerprint density at radius 1 is 1.09 bits per heavy atom. The van der Waals surface area contributed by atoms with Crippen molar-refractivity contribution in [2.75, 3.05) is 19.5 Å². The largest absolute Gasteiger partial charge is 0.497 e. The van der Waals surface area contributed by atoms with Crippen LogP contribution in [0.1, 0.15) is 11.3 Å². The molecule has 0 fully saturated rings. The van der Waals surface area contributed by atoms with Crippen LogP contribution in [0.4, 0.5) is 8.78 Å². The van der Waals surface area contributed by atoms with Crippen LogP contribution in [-0.2, 0) is 6.54 Å². The number of nitrogens with zero attached hydrogens (tertiary/aromatic N) is 4. The zero-order valence-corrected chi connectivity index (χ0v) is 18.8. The van der Waals surface area contributed by atoms with E-state index in [2.05, 4.69) is 16.9 Å². The molecule has 0 saturated carbocycles. The van der Waals surface area contributed by atoms with E-state index in [0.29, 0.717) is 33.4 Å². The lowest BCUT2D eigenvalue weighted by molar-refractivity contribution is 0.414. The molecule has 2 aromatic carbocycles. The van der Waals surface area contributed by atoms with E-state index in [4.69, 9.17) is 9.72 Å². The van der Waals surface area contributed by atoms with Crippen LogP contribution < -0.4 is 10.4 Å². The van der Waals surface area contributed by atoms with Crippen LogP contribution in [0.15, 0.2) is 58.5 Å². The molecule has 6 nitrogen and oxygen atoms in total. The summed E-state index contributed by atoms with van der Waals surface area (Å²) >= 11 is 1.24. The van der Waals surface area contributed by atoms with Gasteiger partial charge >= 0.3 is 5.69 Å². The topological polar surface area (TPSA) is 61.4 Å². The van der Waals surface area contributed by atoms with Crippen molar-refractivity contribution < 1.29 is 13.5 Å². The molecule has 0 spiro atoms. The van der Waals surface area contributed by atoms with Crippen LogP contribution in [0, 0.1) is 24.6 Å². The smallest absolute Gasteiger partial charge is 0.353 e. The van der Waals surface area contributed by atoms with E-state index in [1.165, 1.54) is 33.0 Å². The number of aromatic nitrogens is 4. The number of halogens is 2. The molecule has 0 amide bonds. The predicted molar refractivity (Wildman–Crippen MR) is 124 cm³/mol. The van der Waals surface area contributed by atoms with Gasteiger partial charge in [-0.1, -0.05) is 47.9 Å². The first kappa shape index (κ1) is 22.6. The molecule has 0 aliphatic heterocycles. The van der Waals surface area contributed by atoms with E-state index in [9.17, 15) is 13.6 Å². The van der Waals surface area contributed by atoms with Crippen LogP contribution in [0.25, 0.3) is 16.8 Å². The maximum atomic E-state index is 13.4. The number of alkyl halides is 1. The Morgan fingerprint density at radius 2 is 1.82 bits per heavy atom. The molecule has 0 atom stereocenters. The van der Waals surface area contributed by atoms with Crippen LogP contribution >= 0.6 is 11.8 Å². The number of hydrogen-bond acceptors (Lipinski definition) is 5. The van der Waals surface area contributed by atoms with Gasteiger partial charge in [0.25, 0.3) is 0 Å². The Hall–Kier alpha value is -3.64. The van der Waals surface area contributed by atoms with Crippen LogP contribution in [0.2, 0.25) is 0 Å². The van der Waals surface area contributed by atoms with E-state index in [1.807, 2.05) is 24.3 Å². The first-order valence-electron chi connectivity index (χ1n) is 10.1. The fourth-order valence-electron chi connectivity index (χ4n) is 3.41. The first-order valence-corrected chi connectivity index (χ1v) is 11.0. The Bertz CT molecular complexity index is 1400. The molecule has 168 valence electrons. The van der Waals surface area contributed by atoms with Gasteiger partial charge in [-0.2, -0.15) is 9.61 Å². The molecule has 4 aromatic rings. The monoisotopic (exact) mass is 466 g/mol. The number of benzene rings is 2. The molecule has 9 heteroatoms. The lowest BCUT2D eigenvalue weighted by Crippen LogP contribution is -2.30. The normalized spacial score (nSPS) is 10.8. The average Bonchev–Trinajstić information content (AvgIpc) is 3.16. The van der Waals surface area contributed by atoms with Crippen molar-refractivity contribution in [3.63, 3.8) is 0 Å². The van der Waals surface area contributed by atoms with Crippen LogP contribution in [-0.4, -0.2) is 38.7 Å². The Kier molecular flexibility index (Phi) is 6.75. The lowest BCUT2D eigenvalue weighted by Gasteiger charge is -2.12. The molecule has 4 rings (SSSR count). The third-order valence-electron chi connectivity index (χ3n) is 4.98. The molecule has 0 aliphatic rings. The molecule has 0 aliphatic carbocycles. The van der Waals surface area contributed by atoms with Gasteiger partial charge in [0.15, 0.2) is 10.8 Å². The molecular weight excluding hydrogens is 446 g/mol. The summed E-state index contributed by atoms with van der Waals surface area (Å²) in [5.41, 5.74) is 2.83. The van der Waals surface area contributed by atoms with E-state index >= 15 is 0 Å². The number of aryl methyl sites for hydroxylation is 1. The zero-order valence-electron chi connectivity index (χ0n) is 18.0. The summed E-state index contributed by atoms with van der Waals surface area (Å²) in [5, 5.41) is 4.84. The molecule has 0 N–H and O–H groups in total. The zero-order chi connectivity index (χ0) is 23.4. The highest BCUT2D eigenvalue weighted by Crippen LogP contribution is 2.28. The van der Waals surface area contributed by atoms with Gasteiger partial charge in [-0.25, -0.2) is 18.6 Å². The molecule has 0 unspecified atom stereocenters. The Labute approximate surface area is 193 Å². The Morgan fingerprint density at radius 3 is 2.48 bits per heavy atom. The predicted octanol–water partition coefficient (Wildman–Crippen LogP) is 4.13. The Balaban J connectivity index is 1.85. The molecule has 2 heterocycles. The van der Waals surface area contributed by atoms with Crippen molar-refractivity contribution in [2.45, 2.75) is 18.6 Å². The second-order valence-corrected chi connectivity index (χ2v) is 8.03. The molecule has 0 radical (unpaired) electrons. The minimum atomic E-state index is -0.734. The summed E-state index contributed by atoms with van der Waals surface area (Å²) in [5.74, 6) is 5.72. The average molecular weight is 467 g/mol. The van der Waals surface area contributed by atoms with Gasteiger partial charge in [0.2, 0.25) is 0 Å². The fraction of sp³-hybridized carbons (Fsp3) is 0.208. The third-order valence-corrected chi connectivity index (χ3v) is 5.84. The van der Waals surface area contributed by atoms with Gasteiger partial charge in [0.05, 0.1) is 25.1 Å². The molecule has 0 saturated heterocycles. The lowest BCUT2D eigenvalue weighted by atomic mass is 10.1. The fourth-order valence-corrected chi connectivity index (χ4v) is 4.16. The maximum absolute atomic E-state index is 13.4. The van der Waals surface area contributed by atoms with Gasteiger partial charge in [-0.3, -0.25) is 4.57 Å². The highest BCUT2D eigenvalue weighted by molar-refractivity contribution is 7.99. The second-order valence-electron chi connectivity index (χ2n) is 7.09. The van der Waals surface area contributed by atoms with Crippen molar-refractivity contribution in [1.29, 1.82) is 0 Å². The number of rotatable bonds is 6. The summed E-state index contributed by atoms with van der Waals surface area (Å²) in [7, 11) is 1.59. The minimum absolute atomic E-state index is 0.259. The van der Waals surface area contributed by atoms with Crippen molar-refractivity contribution in [3.8, 4) is 28.7 Å². The van der Waals surface area contributed by atoms with Crippen molar-refractivity contribution in [3.05, 3.63) is 76.1 Å². The van der Waals surface area contributed by atoms with Crippen molar-refractivity contribution in [1.82, 2.24) is 19.2 Å². The van der Waals surface area contributed by atoms with Crippen LogP contribution in [0.5, 0.6) is 5.75 Å². The SMILES string of the molecule is COc1ccc(Cn2c(SCC#CCF)nc3c(-c4ccc(F)cc4)c(C)nn3c2=O)cc1. The number of methoxy groups -OCH3 is 1. The summed E-state index contributed by atoms with van der Waals surface area (Å²) < 4.78 is 33.8. The van der Waals surface area contributed by atoms with Gasteiger partial charge in [0.1, 0.15) is 18.2 Å². The number of ether oxygens (including phenoxy) is 1. The van der Waals surface area contributed by atoms with Gasteiger partial charge in [-0.15, -0.1) is 0 Å². The van der Waals surface area contributed by atoms with E-state index < -0.39 is 6.67 Å². The minimum Gasteiger partial charge on any atom is -0.497 e. The number of thioether (sulfide) groups is 1. The van der Waals surface area contributed by atoms with E-state index in [0.717, 1.165) is 5.56 Å². The molecular formula is C24H20F2N4O2S. The number of hydrogen-bond donors (Lipinski definition) is 0. The molecule has 2 aromatic heterocycles. The van der Waals surface area contributed by atoms with E-state index in [-0.39, 0.29) is 23.8 Å². The quantitative estimate of drug-likeness (QED) is 0.316. The van der Waals surface area contributed by atoms with Gasteiger partial charge < -0.3 is 4.74 Å². The van der Waals surface area contributed by atoms with Gasteiger partial charge in [-0.05, 0) is 42.3 Å². The van der Waals surface area contributed by atoms with Gasteiger partial charge in [0, 0.05) is 5.56 Å². The standard InChI is InChI=1S/C24H20F2N4O2S/c1-16-21(18-7-9-19(26)10-8-18)22-27-23(33-14-4-3-13-25)29(24(31)30(22)28-16)15-17-5-11-20(32-2)12-6-17/h5-12H,13-15H2,1-2H3. The molecule has 33 heavy (non-hydrogen) atoms. The highest BCUT2D eigenvalue weighted by Gasteiger charge is 2.19. The maximum Gasteiger partial charge on any atom is 0.353 e. The van der Waals surface area contributed by atoms with E-state index in [1.54, 1.807) is 26.2 Å². The highest BCUT2D eigenvalue weighted by atomic mass is 32.2. The summed E-state index contributed by atoms with van der Waals surface area (Å²) in [6, 6.07) is 13.3. The summed E-state index contributed by atoms with van der Waals surface area (Å²) in [6.07, 6.45) is 0. The number of fused-ring (bicyclic) bond motifs is 1. The third kappa shape index (κ3) is 4.76. The van der Waals surface area contributed by atoms with Crippen LogP contribution in [0.3, 0.4) is 0 Å². The van der Waals surface area contributed by atoms with Crippen molar-refractivity contribution >= 4 is 17.4 Å². The molecule has 0 bridgehead atoms. The first-order chi connectivity index (χ1) is 16.0.